The molecule has 0 saturated heterocycles. The van der Waals surface area contributed by atoms with Crippen molar-refractivity contribution in [2.45, 2.75) is 13.8 Å². The number of hydrogen-bond acceptors (Lipinski definition) is 3. The lowest BCUT2D eigenvalue weighted by molar-refractivity contribution is -0.121. The highest BCUT2D eigenvalue weighted by Gasteiger charge is 1.89. The highest BCUT2D eigenvalue weighted by atomic mass is 16.2. The first-order valence-electron chi connectivity index (χ1n) is 2.87. The maximum atomic E-state index is 10.2. The van der Waals surface area contributed by atoms with Crippen molar-refractivity contribution in [3.05, 3.63) is 0 Å². The summed E-state index contributed by atoms with van der Waals surface area (Å²) in [5, 5.41) is 2.44. The first-order chi connectivity index (χ1) is 4.63. The van der Waals surface area contributed by atoms with Gasteiger partial charge in [0.25, 0.3) is 0 Å². The fourth-order valence-electron chi connectivity index (χ4n) is 0.337. The lowest BCUT2D eigenvalue weighted by Crippen LogP contribution is -2.42. The Morgan fingerprint density at radius 1 is 1.20 bits per heavy atom. The van der Waals surface area contributed by atoms with Gasteiger partial charge in [-0.1, -0.05) is 0 Å². The minimum atomic E-state index is -0.189. The van der Waals surface area contributed by atoms with E-state index in [9.17, 15) is 9.59 Å². The molecule has 0 unspecified atom stereocenters. The summed E-state index contributed by atoms with van der Waals surface area (Å²) in [6.45, 7) is 3.02. The fraction of sp³-hybridized carbons (Fsp3) is 0.600. The summed E-state index contributed by atoms with van der Waals surface area (Å²) in [5.41, 5.74) is 4.78. The molecule has 0 rings (SSSR count). The number of amides is 2. The van der Waals surface area contributed by atoms with Crippen molar-refractivity contribution in [3.63, 3.8) is 0 Å². The maximum absolute atomic E-state index is 10.2. The molecule has 0 aliphatic heterocycles. The van der Waals surface area contributed by atoms with E-state index in [-0.39, 0.29) is 18.5 Å². The third-order valence-electron chi connectivity index (χ3n) is 0.690. The Hall–Kier alpha value is -1.10. The summed E-state index contributed by atoms with van der Waals surface area (Å²) in [4.78, 5) is 20.4. The molecule has 0 spiro atoms. The smallest absolute Gasteiger partial charge is 0.231 e. The van der Waals surface area contributed by atoms with Gasteiger partial charge in [-0.3, -0.25) is 15.0 Å². The van der Waals surface area contributed by atoms with Crippen molar-refractivity contribution in [3.8, 4) is 0 Å². The minimum absolute atomic E-state index is 0.141. The van der Waals surface area contributed by atoms with Crippen LogP contribution in [0.4, 0.5) is 0 Å². The number of carbonyl (C=O) groups excluding carboxylic acids is 2. The van der Waals surface area contributed by atoms with Gasteiger partial charge < -0.3 is 5.32 Å². The van der Waals surface area contributed by atoms with Crippen LogP contribution in [-0.2, 0) is 9.59 Å². The summed E-state index contributed by atoms with van der Waals surface area (Å²) in [6, 6.07) is 0. The summed E-state index contributed by atoms with van der Waals surface area (Å²) in [5.74, 6) is -0.330. The van der Waals surface area contributed by atoms with Crippen LogP contribution in [0.15, 0.2) is 0 Å². The molecule has 0 aromatic heterocycles. The monoisotopic (exact) mass is 145 g/mol. The highest BCUT2D eigenvalue weighted by molar-refractivity contribution is 5.73. The second-order valence-corrected chi connectivity index (χ2v) is 1.77. The zero-order chi connectivity index (χ0) is 7.98. The van der Waals surface area contributed by atoms with E-state index in [0.29, 0.717) is 0 Å². The van der Waals surface area contributed by atoms with Gasteiger partial charge in [0.05, 0.1) is 6.67 Å². The van der Waals surface area contributed by atoms with Crippen molar-refractivity contribution < 1.29 is 9.59 Å². The van der Waals surface area contributed by atoms with E-state index in [1.807, 2.05) is 0 Å². The van der Waals surface area contributed by atoms with Gasteiger partial charge in [0, 0.05) is 13.8 Å². The number of hydrazine groups is 1. The van der Waals surface area contributed by atoms with Gasteiger partial charge in [0.15, 0.2) is 0 Å². The average Bonchev–Trinajstić information content (AvgIpc) is 1.79. The summed E-state index contributed by atoms with van der Waals surface area (Å²) in [6.07, 6.45) is 0. The normalized spacial score (nSPS) is 8.60. The molecule has 10 heavy (non-hydrogen) atoms. The summed E-state index contributed by atoms with van der Waals surface area (Å²) < 4.78 is 0. The van der Waals surface area contributed by atoms with E-state index < -0.39 is 0 Å². The van der Waals surface area contributed by atoms with Crippen LogP contribution in [0.5, 0.6) is 0 Å². The van der Waals surface area contributed by atoms with Crippen LogP contribution >= 0.6 is 0 Å². The number of hydrogen-bond donors (Lipinski definition) is 3. The van der Waals surface area contributed by atoms with E-state index in [1.165, 1.54) is 13.8 Å². The molecule has 0 aliphatic rings. The molecule has 3 N–H and O–H groups in total. The van der Waals surface area contributed by atoms with Gasteiger partial charge in [-0.15, -0.1) is 0 Å². The standard InChI is InChI=1S/C5H11N3O2/c1-4(9)6-3-7-8-5(2)10/h7H,3H2,1-2H3,(H,6,9)(H,8,10). The Bertz CT molecular complexity index is 119. The molecular formula is C5H11N3O2. The van der Waals surface area contributed by atoms with Crippen LogP contribution < -0.4 is 16.2 Å². The molecule has 58 valence electrons. The van der Waals surface area contributed by atoms with Crippen LogP contribution in [0.2, 0.25) is 0 Å². The Balaban J connectivity index is 3.06. The van der Waals surface area contributed by atoms with Crippen molar-refractivity contribution in [2.75, 3.05) is 6.67 Å². The quantitative estimate of drug-likeness (QED) is 0.263. The molecule has 0 aliphatic carbocycles. The molecule has 2 amide bonds. The lowest BCUT2D eigenvalue weighted by Gasteiger charge is -2.03. The second kappa shape index (κ2) is 4.75. The van der Waals surface area contributed by atoms with Crippen molar-refractivity contribution in [2.24, 2.45) is 0 Å². The third kappa shape index (κ3) is 6.90. The van der Waals surface area contributed by atoms with Crippen molar-refractivity contribution in [1.29, 1.82) is 0 Å². The molecule has 0 bridgehead atoms. The molecule has 0 fully saturated rings. The summed E-state index contributed by atoms with van der Waals surface area (Å²) >= 11 is 0. The Morgan fingerprint density at radius 2 is 1.80 bits per heavy atom. The van der Waals surface area contributed by atoms with Gasteiger partial charge >= 0.3 is 0 Å². The average molecular weight is 145 g/mol. The fourth-order valence-corrected chi connectivity index (χ4v) is 0.337. The zero-order valence-electron chi connectivity index (χ0n) is 6.02. The number of rotatable bonds is 3. The van der Waals surface area contributed by atoms with Crippen LogP contribution in [0, 0.1) is 0 Å². The Morgan fingerprint density at radius 3 is 2.20 bits per heavy atom. The maximum Gasteiger partial charge on any atom is 0.231 e. The van der Waals surface area contributed by atoms with Crippen LogP contribution in [0.1, 0.15) is 13.8 Å². The Labute approximate surface area is 59.1 Å². The first kappa shape index (κ1) is 8.90. The van der Waals surface area contributed by atoms with Crippen LogP contribution in [-0.4, -0.2) is 18.5 Å². The largest absolute Gasteiger partial charge is 0.342 e. The summed E-state index contributed by atoms with van der Waals surface area (Å²) in [7, 11) is 0. The van der Waals surface area contributed by atoms with E-state index in [1.54, 1.807) is 0 Å². The second-order valence-electron chi connectivity index (χ2n) is 1.77. The molecule has 0 aromatic carbocycles. The minimum Gasteiger partial charge on any atom is -0.342 e. The predicted molar refractivity (Wildman–Crippen MR) is 35.6 cm³/mol. The van der Waals surface area contributed by atoms with E-state index in [2.05, 4.69) is 16.2 Å². The third-order valence-corrected chi connectivity index (χ3v) is 0.690. The van der Waals surface area contributed by atoms with Gasteiger partial charge in [0.1, 0.15) is 0 Å². The van der Waals surface area contributed by atoms with Gasteiger partial charge in [-0.2, -0.15) is 0 Å². The first-order valence-corrected chi connectivity index (χ1v) is 2.87. The highest BCUT2D eigenvalue weighted by Crippen LogP contribution is 1.55. The van der Waals surface area contributed by atoms with Gasteiger partial charge in [-0.05, 0) is 0 Å². The van der Waals surface area contributed by atoms with E-state index in [4.69, 9.17) is 0 Å². The molecule has 0 atom stereocenters. The van der Waals surface area contributed by atoms with Gasteiger partial charge in [-0.25, -0.2) is 5.43 Å². The zero-order valence-corrected chi connectivity index (χ0v) is 6.02. The number of nitrogens with one attached hydrogen (secondary N) is 3. The van der Waals surface area contributed by atoms with Crippen molar-refractivity contribution in [1.82, 2.24) is 16.2 Å². The number of carbonyl (C=O) groups is 2. The molecule has 5 heteroatoms. The Kier molecular flexibility index (Phi) is 4.23. The molecule has 5 nitrogen and oxygen atoms in total. The molecular weight excluding hydrogens is 134 g/mol. The van der Waals surface area contributed by atoms with Crippen molar-refractivity contribution >= 4 is 11.8 Å². The van der Waals surface area contributed by atoms with E-state index in [0.717, 1.165) is 0 Å². The van der Waals surface area contributed by atoms with E-state index >= 15 is 0 Å². The molecule has 0 heterocycles. The molecule has 0 saturated carbocycles. The van der Waals surface area contributed by atoms with Crippen LogP contribution in [0.25, 0.3) is 0 Å². The van der Waals surface area contributed by atoms with Gasteiger partial charge in [0.2, 0.25) is 11.8 Å². The van der Waals surface area contributed by atoms with Crippen LogP contribution in [0.3, 0.4) is 0 Å². The predicted octanol–water partition coefficient (Wildman–Crippen LogP) is -1.28. The molecule has 0 radical (unpaired) electrons. The topological polar surface area (TPSA) is 70.2 Å². The lowest BCUT2D eigenvalue weighted by atomic mass is 10.7. The molecule has 0 aromatic rings. The SMILES string of the molecule is CC(=O)NCNNC(C)=O.